The van der Waals surface area contributed by atoms with Gasteiger partial charge >= 0.3 is 0 Å². The smallest absolute Gasteiger partial charge is 0.251 e. The standard InChI is InChI=1S/C24H31FN2O4S/c1-16(2)18-5-7-19(8-6-18)23(17(3)4)26-24(28)20-9-10-21(25)22(15-20)32(29,30)27-11-13-31-14-12-27/h5-10,15-17,23H,11-14H2,1-4H3,(H,26,28). The molecule has 2 aromatic carbocycles. The quantitative estimate of drug-likeness (QED) is 0.672. The van der Waals surface area contributed by atoms with E-state index in [0.717, 1.165) is 17.7 Å². The van der Waals surface area contributed by atoms with Gasteiger partial charge in [-0.2, -0.15) is 4.31 Å². The summed E-state index contributed by atoms with van der Waals surface area (Å²) in [4.78, 5) is 12.5. The van der Waals surface area contributed by atoms with Crippen LogP contribution in [0.3, 0.4) is 0 Å². The minimum absolute atomic E-state index is 0.0980. The van der Waals surface area contributed by atoms with Gasteiger partial charge in [-0.05, 0) is 41.2 Å². The van der Waals surface area contributed by atoms with Gasteiger partial charge < -0.3 is 10.1 Å². The Labute approximate surface area is 189 Å². The van der Waals surface area contributed by atoms with Crippen LogP contribution >= 0.6 is 0 Å². The highest BCUT2D eigenvalue weighted by atomic mass is 32.2. The fraction of sp³-hybridized carbons (Fsp3) is 0.458. The molecule has 174 valence electrons. The molecule has 0 aliphatic carbocycles. The van der Waals surface area contributed by atoms with Crippen molar-refractivity contribution in [1.29, 1.82) is 0 Å². The second kappa shape index (κ2) is 10.1. The summed E-state index contributed by atoms with van der Waals surface area (Å²) in [5.41, 5.74) is 2.27. The molecule has 0 spiro atoms. The first kappa shape index (κ1) is 24.4. The number of nitrogens with zero attached hydrogens (tertiary/aromatic N) is 1. The summed E-state index contributed by atoms with van der Waals surface area (Å²) < 4.78 is 46.7. The summed E-state index contributed by atoms with van der Waals surface area (Å²) in [5, 5.41) is 2.99. The molecule has 6 nitrogen and oxygen atoms in total. The lowest BCUT2D eigenvalue weighted by atomic mass is 9.93. The van der Waals surface area contributed by atoms with Crippen molar-refractivity contribution >= 4 is 15.9 Å². The number of ether oxygens (including phenoxy) is 1. The molecular weight excluding hydrogens is 431 g/mol. The highest BCUT2D eigenvalue weighted by Gasteiger charge is 2.30. The Morgan fingerprint density at radius 2 is 1.59 bits per heavy atom. The van der Waals surface area contributed by atoms with E-state index in [0.29, 0.717) is 5.92 Å². The number of carbonyl (C=O) groups excluding carboxylic acids is 1. The number of amides is 1. The first-order valence-electron chi connectivity index (χ1n) is 10.9. The lowest BCUT2D eigenvalue weighted by Gasteiger charge is -2.26. The topological polar surface area (TPSA) is 75.7 Å². The van der Waals surface area contributed by atoms with Crippen LogP contribution in [-0.2, 0) is 14.8 Å². The molecule has 8 heteroatoms. The van der Waals surface area contributed by atoms with E-state index in [4.69, 9.17) is 4.74 Å². The lowest BCUT2D eigenvalue weighted by Crippen LogP contribution is -2.41. The van der Waals surface area contributed by atoms with Gasteiger partial charge in [0.2, 0.25) is 10.0 Å². The van der Waals surface area contributed by atoms with Gasteiger partial charge in [0.1, 0.15) is 10.7 Å². The third kappa shape index (κ3) is 5.36. The van der Waals surface area contributed by atoms with Gasteiger partial charge in [-0.1, -0.05) is 52.0 Å². The van der Waals surface area contributed by atoms with Gasteiger partial charge in [0.15, 0.2) is 0 Å². The molecule has 2 aromatic rings. The van der Waals surface area contributed by atoms with E-state index in [9.17, 15) is 17.6 Å². The maximum Gasteiger partial charge on any atom is 0.251 e. The average molecular weight is 463 g/mol. The largest absolute Gasteiger partial charge is 0.379 e. The van der Waals surface area contributed by atoms with E-state index in [1.54, 1.807) is 0 Å². The minimum atomic E-state index is -4.06. The van der Waals surface area contributed by atoms with Crippen LogP contribution in [0.2, 0.25) is 0 Å². The molecule has 0 saturated carbocycles. The molecule has 1 N–H and O–H groups in total. The highest BCUT2D eigenvalue weighted by Crippen LogP contribution is 2.26. The molecular formula is C24H31FN2O4S. The Kier molecular flexibility index (Phi) is 7.69. The predicted molar refractivity (Wildman–Crippen MR) is 122 cm³/mol. The molecule has 1 saturated heterocycles. The Hall–Kier alpha value is -2.29. The second-order valence-corrected chi connectivity index (χ2v) is 10.6. The van der Waals surface area contributed by atoms with E-state index in [1.165, 1.54) is 15.9 Å². The molecule has 1 heterocycles. The minimum Gasteiger partial charge on any atom is -0.379 e. The monoisotopic (exact) mass is 462 g/mol. The summed E-state index contributed by atoms with van der Waals surface area (Å²) in [5.74, 6) is -0.823. The number of rotatable bonds is 7. The van der Waals surface area contributed by atoms with Crippen LogP contribution in [0.1, 0.15) is 61.1 Å². The zero-order chi connectivity index (χ0) is 23.5. The molecule has 0 radical (unpaired) electrons. The SMILES string of the molecule is CC(C)c1ccc(C(NC(=O)c2ccc(F)c(S(=O)(=O)N3CCOCC3)c2)C(C)C)cc1. The highest BCUT2D eigenvalue weighted by molar-refractivity contribution is 7.89. The van der Waals surface area contributed by atoms with Crippen molar-refractivity contribution in [1.82, 2.24) is 9.62 Å². The van der Waals surface area contributed by atoms with Crippen molar-refractivity contribution in [3.05, 3.63) is 65.0 Å². The van der Waals surface area contributed by atoms with Crippen LogP contribution in [0.5, 0.6) is 0 Å². The van der Waals surface area contributed by atoms with Crippen molar-refractivity contribution in [2.45, 2.75) is 44.6 Å². The first-order chi connectivity index (χ1) is 15.1. The van der Waals surface area contributed by atoms with E-state index in [1.807, 2.05) is 38.1 Å². The summed E-state index contributed by atoms with van der Waals surface area (Å²) >= 11 is 0. The van der Waals surface area contributed by atoms with Crippen molar-refractivity contribution in [3.63, 3.8) is 0 Å². The van der Waals surface area contributed by atoms with Crippen molar-refractivity contribution in [3.8, 4) is 0 Å². The number of nitrogens with one attached hydrogen (secondary N) is 1. The zero-order valence-corrected chi connectivity index (χ0v) is 19.8. The molecule has 1 atom stereocenters. The summed E-state index contributed by atoms with van der Waals surface area (Å²) in [6.07, 6.45) is 0. The number of halogens is 1. The summed E-state index contributed by atoms with van der Waals surface area (Å²) in [7, 11) is -4.06. The van der Waals surface area contributed by atoms with Gasteiger partial charge in [-0.3, -0.25) is 4.79 Å². The van der Waals surface area contributed by atoms with Crippen LogP contribution in [-0.4, -0.2) is 44.9 Å². The molecule has 1 amide bonds. The first-order valence-corrected chi connectivity index (χ1v) is 12.3. The molecule has 0 aromatic heterocycles. The van der Waals surface area contributed by atoms with Crippen LogP contribution < -0.4 is 5.32 Å². The maximum atomic E-state index is 14.5. The van der Waals surface area contributed by atoms with Gasteiger partial charge in [0.25, 0.3) is 5.91 Å². The number of morpholine rings is 1. The normalized spacial score (nSPS) is 16.3. The summed E-state index contributed by atoms with van der Waals surface area (Å²) in [6.45, 7) is 9.06. The molecule has 1 aliphatic heterocycles. The Morgan fingerprint density at radius 1 is 1.00 bits per heavy atom. The molecule has 0 bridgehead atoms. The van der Waals surface area contributed by atoms with Crippen LogP contribution in [0.25, 0.3) is 0 Å². The van der Waals surface area contributed by atoms with Gasteiger partial charge in [-0.25, -0.2) is 12.8 Å². The number of sulfonamides is 1. The fourth-order valence-electron chi connectivity index (χ4n) is 3.72. The van der Waals surface area contributed by atoms with Crippen LogP contribution in [0.4, 0.5) is 4.39 Å². The lowest BCUT2D eigenvalue weighted by molar-refractivity contribution is 0.0729. The number of carbonyl (C=O) groups is 1. The fourth-order valence-corrected chi connectivity index (χ4v) is 5.21. The van der Waals surface area contributed by atoms with E-state index >= 15 is 0 Å². The Bertz CT molecular complexity index is 1050. The van der Waals surface area contributed by atoms with Crippen molar-refractivity contribution in [2.24, 2.45) is 5.92 Å². The molecule has 1 fully saturated rings. The van der Waals surface area contributed by atoms with Crippen LogP contribution in [0.15, 0.2) is 47.4 Å². The Morgan fingerprint density at radius 3 is 2.16 bits per heavy atom. The zero-order valence-electron chi connectivity index (χ0n) is 19.0. The second-order valence-electron chi connectivity index (χ2n) is 8.68. The average Bonchev–Trinajstić information content (AvgIpc) is 2.78. The van der Waals surface area contributed by atoms with Crippen molar-refractivity contribution < 1.29 is 22.3 Å². The van der Waals surface area contributed by atoms with Gasteiger partial charge in [0.05, 0.1) is 19.3 Å². The third-order valence-corrected chi connectivity index (χ3v) is 7.61. The molecule has 3 rings (SSSR count). The van der Waals surface area contributed by atoms with E-state index in [2.05, 4.69) is 19.2 Å². The predicted octanol–water partition coefficient (Wildman–Crippen LogP) is 4.10. The number of hydrogen-bond donors (Lipinski definition) is 1. The van der Waals surface area contributed by atoms with Crippen LogP contribution in [0, 0.1) is 11.7 Å². The van der Waals surface area contributed by atoms with E-state index in [-0.39, 0.29) is 43.8 Å². The summed E-state index contributed by atoms with van der Waals surface area (Å²) in [6, 6.07) is 11.3. The maximum absolute atomic E-state index is 14.5. The molecule has 32 heavy (non-hydrogen) atoms. The van der Waals surface area contributed by atoms with Gasteiger partial charge in [0, 0.05) is 18.7 Å². The van der Waals surface area contributed by atoms with Gasteiger partial charge in [-0.15, -0.1) is 0 Å². The molecule has 1 aliphatic rings. The number of hydrogen-bond acceptors (Lipinski definition) is 4. The third-order valence-electron chi connectivity index (χ3n) is 5.70. The molecule has 1 unspecified atom stereocenters. The van der Waals surface area contributed by atoms with Crippen molar-refractivity contribution in [2.75, 3.05) is 26.3 Å². The Balaban J connectivity index is 1.85. The number of benzene rings is 2. The van der Waals surface area contributed by atoms with E-state index < -0.39 is 26.6 Å².